The first-order valence-corrected chi connectivity index (χ1v) is 9.25. The fourth-order valence-corrected chi connectivity index (χ4v) is 4.44. The number of nitrogens with one attached hydrogen (secondary N) is 1. The second-order valence-corrected chi connectivity index (χ2v) is 7.91. The van der Waals surface area contributed by atoms with Gasteiger partial charge < -0.3 is 4.42 Å². The van der Waals surface area contributed by atoms with Crippen LogP contribution in [0.15, 0.2) is 52.6 Å². The Labute approximate surface area is 155 Å². The molecular formula is C14H7Br3N2O2S. The first-order valence-electron chi connectivity index (χ1n) is 5.99. The minimum atomic E-state index is -0.397. The third-order valence-corrected chi connectivity index (χ3v) is 5.38. The molecule has 0 fully saturated rings. The Morgan fingerprint density at radius 2 is 2.00 bits per heavy atom. The van der Waals surface area contributed by atoms with Crippen LogP contribution in [-0.4, -0.2) is 12.1 Å². The van der Waals surface area contributed by atoms with Crippen molar-refractivity contribution in [2.45, 2.75) is 0 Å². The van der Waals surface area contributed by atoms with Crippen LogP contribution in [0, 0.1) is 0 Å². The third kappa shape index (κ3) is 3.51. The van der Waals surface area contributed by atoms with Crippen molar-refractivity contribution in [3.05, 3.63) is 53.7 Å². The zero-order valence-electron chi connectivity index (χ0n) is 10.8. The van der Waals surface area contributed by atoms with Crippen LogP contribution < -0.4 is 5.43 Å². The molecule has 3 rings (SSSR count). The van der Waals surface area contributed by atoms with E-state index in [0.29, 0.717) is 5.58 Å². The highest BCUT2D eigenvalue weighted by atomic mass is 79.9. The molecule has 8 heteroatoms. The summed E-state index contributed by atoms with van der Waals surface area (Å²) in [4.78, 5) is 13.0. The summed E-state index contributed by atoms with van der Waals surface area (Å²) in [6.07, 6.45) is 1.59. The lowest BCUT2D eigenvalue weighted by Crippen LogP contribution is -2.16. The summed E-state index contributed by atoms with van der Waals surface area (Å²) in [6.45, 7) is 0. The van der Waals surface area contributed by atoms with Gasteiger partial charge in [-0.15, -0.1) is 11.3 Å². The highest BCUT2D eigenvalue weighted by Gasteiger charge is 2.14. The van der Waals surface area contributed by atoms with Crippen molar-refractivity contribution in [2.75, 3.05) is 0 Å². The van der Waals surface area contributed by atoms with Crippen LogP contribution in [-0.2, 0) is 0 Å². The number of nitrogens with zero attached hydrogens (tertiary/aromatic N) is 1. The van der Waals surface area contributed by atoms with Crippen molar-refractivity contribution in [1.29, 1.82) is 0 Å². The lowest BCUT2D eigenvalue weighted by molar-refractivity contribution is 0.0929. The Balaban J connectivity index is 1.77. The van der Waals surface area contributed by atoms with Crippen molar-refractivity contribution >= 4 is 82.2 Å². The lowest BCUT2D eigenvalue weighted by atomic mass is 10.2. The molecule has 2 heterocycles. The average Bonchev–Trinajstić information content (AvgIpc) is 3.05. The van der Waals surface area contributed by atoms with Gasteiger partial charge in [0.15, 0.2) is 5.76 Å². The number of hydrazone groups is 1. The highest BCUT2D eigenvalue weighted by Crippen LogP contribution is 2.30. The number of fused-ring (bicyclic) bond motifs is 1. The van der Waals surface area contributed by atoms with E-state index in [0.717, 1.165) is 23.7 Å². The second-order valence-electron chi connectivity index (χ2n) is 4.28. The molecule has 1 aromatic carbocycles. The van der Waals surface area contributed by atoms with Crippen LogP contribution in [0.3, 0.4) is 0 Å². The molecule has 3 aromatic rings. The van der Waals surface area contributed by atoms with Crippen LogP contribution in [0.1, 0.15) is 15.4 Å². The van der Waals surface area contributed by atoms with E-state index in [1.165, 1.54) is 11.3 Å². The van der Waals surface area contributed by atoms with E-state index < -0.39 is 5.91 Å². The third-order valence-electron chi connectivity index (χ3n) is 2.71. The van der Waals surface area contributed by atoms with Crippen LogP contribution in [0.25, 0.3) is 11.0 Å². The topological polar surface area (TPSA) is 54.6 Å². The Kier molecular flexibility index (Phi) is 4.82. The normalized spacial score (nSPS) is 11.4. The largest absolute Gasteiger partial charge is 0.450 e. The molecule has 0 aliphatic rings. The number of carbonyl (C=O) groups excluding carboxylic acids is 1. The van der Waals surface area contributed by atoms with E-state index >= 15 is 0 Å². The molecule has 2 aromatic heterocycles. The zero-order chi connectivity index (χ0) is 15.7. The first kappa shape index (κ1) is 15.9. The van der Waals surface area contributed by atoms with Crippen molar-refractivity contribution in [2.24, 2.45) is 5.10 Å². The van der Waals surface area contributed by atoms with Gasteiger partial charge in [-0.25, -0.2) is 5.43 Å². The average molecular weight is 507 g/mol. The lowest BCUT2D eigenvalue weighted by Gasteiger charge is -1.95. The number of hydrogen-bond acceptors (Lipinski definition) is 4. The summed E-state index contributed by atoms with van der Waals surface area (Å²) >= 11 is 11.7. The summed E-state index contributed by atoms with van der Waals surface area (Å²) in [6, 6.07) is 7.33. The maximum absolute atomic E-state index is 12.1. The molecule has 1 N–H and O–H groups in total. The minimum Gasteiger partial charge on any atom is -0.450 e. The van der Waals surface area contributed by atoms with E-state index in [9.17, 15) is 4.79 Å². The van der Waals surface area contributed by atoms with E-state index in [4.69, 9.17) is 4.42 Å². The summed E-state index contributed by atoms with van der Waals surface area (Å²) in [5, 5.41) is 6.70. The van der Waals surface area contributed by atoms with Crippen LogP contribution in [0.2, 0.25) is 0 Å². The number of rotatable bonds is 3. The van der Waals surface area contributed by atoms with Gasteiger partial charge in [0, 0.05) is 24.6 Å². The summed E-state index contributed by atoms with van der Waals surface area (Å²) in [7, 11) is 0. The molecule has 0 spiro atoms. The predicted octanol–water partition coefficient (Wildman–Crippen LogP) is 5.55. The predicted molar refractivity (Wildman–Crippen MR) is 98.7 cm³/mol. The summed E-state index contributed by atoms with van der Waals surface area (Å²) in [5.41, 5.74) is 3.08. The maximum Gasteiger partial charge on any atom is 0.307 e. The van der Waals surface area contributed by atoms with Gasteiger partial charge in [0.1, 0.15) is 5.58 Å². The SMILES string of the molecule is O=C(N/N=C\c1cc(Br)cs1)c1cc2cc(Br)cc(Br)c2o1. The minimum absolute atomic E-state index is 0.207. The second kappa shape index (κ2) is 6.66. The maximum atomic E-state index is 12.1. The Morgan fingerprint density at radius 3 is 2.73 bits per heavy atom. The molecule has 0 aliphatic heterocycles. The number of hydrogen-bond donors (Lipinski definition) is 1. The molecule has 0 radical (unpaired) electrons. The molecular weight excluding hydrogens is 500 g/mol. The van der Waals surface area contributed by atoms with Gasteiger partial charge in [0.25, 0.3) is 0 Å². The molecule has 0 bridgehead atoms. The molecule has 0 unspecified atom stereocenters. The van der Waals surface area contributed by atoms with Gasteiger partial charge in [-0.3, -0.25) is 4.79 Å². The zero-order valence-corrected chi connectivity index (χ0v) is 16.3. The molecule has 22 heavy (non-hydrogen) atoms. The number of furan rings is 1. The molecule has 0 aliphatic carbocycles. The van der Waals surface area contributed by atoms with Gasteiger partial charge in [0.2, 0.25) is 0 Å². The number of carbonyl (C=O) groups is 1. The monoisotopic (exact) mass is 504 g/mol. The van der Waals surface area contributed by atoms with Crippen molar-refractivity contribution < 1.29 is 9.21 Å². The van der Waals surface area contributed by atoms with Gasteiger partial charge in [-0.2, -0.15) is 5.10 Å². The van der Waals surface area contributed by atoms with Crippen molar-refractivity contribution in [1.82, 2.24) is 5.43 Å². The van der Waals surface area contributed by atoms with E-state index in [-0.39, 0.29) is 5.76 Å². The van der Waals surface area contributed by atoms with Crippen LogP contribution >= 0.6 is 59.1 Å². The standard InChI is InChI=1S/C14H7Br3N2O2S/c15-8-1-7-2-12(21-13(7)11(17)4-8)14(20)19-18-5-10-3-9(16)6-22-10/h1-6H,(H,19,20)/b18-5-. The number of thiophene rings is 1. The van der Waals surface area contributed by atoms with Gasteiger partial charge in [-0.05, 0) is 56.1 Å². The Bertz CT molecular complexity index is 885. The Hall–Kier alpha value is -0.960. The smallest absolute Gasteiger partial charge is 0.307 e. The number of benzene rings is 1. The van der Waals surface area contributed by atoms with Gasteiger partial charge >= 0.3 is 5.91 Å². The number of amides is 1. The fraction of sp³-hybridized carbons (Fsp3) is 0. The molecule has 112 valence electrons. The van der Waals surface area contributed by atoms with Crippen molar-refractivity contribution in [3.63, 3.8) is 0 Å². The van der Waals surface area contributed by atoms with Gasteiger partial charge in [0.05, 0.1) is 10.7 Å². The molecule has 1 amide bonds. The van der Waals surface area contributed by atoms with E-state index in [1.54, 1.807) is 12.3 Å². The van der Waals surface area contributed by atoms with E-state index in [2.05, 4.69) is 58.3 Å². The number of halogens is 3. The molecule has 0 saturated heterocycles. The molecule has 4 nitrogen and oxygen atoms in total. The Morgan fingerprint density at radius 1 is 1.18 bits per heavy atom. The quantitative estimate of drug-likeness (QED) is 0.374. The fourth-order valence-electron chi connectivity index (χ4n) is 1.79. The first-order chi connectivity index (χ1) is 10.5. The molecule has 0 saturated carbocycles. The van der Waals surface area contributed by atoms with Gasteiger partial charge in [-0.1, -0.05) is 15.9 Å². The highest BCUT2D eigenvalue weighted by molar-refractivity contribution is 9.11. The van der Waals surface area contributed by atoms with Crippen LogP contribution in [0.5, 0.6) is 0 Å². The summed E-state index contributed by atoms with van der Waals surface area (Å²) < 4.78 is 8.23. The molecule has 0 atom stereocenters. The summed E-state index contributed by atoms with van der Waals surface area (Å²) in [5.74, 6) is -0.190. The van der Waals surface area contributed by atoms with Crippen molar-refractivity contribution in [3.8, 4) is 0 Å². The van der Waals surface area contributed by atoms with E-state index in [1.807, 2.05) is 23.6 Å². The van der Waals surface area contributed by atoms with Crippen LogP contribution in [0.4, 0.5) is 0 Å².